The molecule has 2 nitrogen and oxygen atoms in total. The van der Waals surface area contributed by atoms with Crippen molar-refractivity contribution in [2.24, 2.45) is 0 Å². The summed E-state index contributed by atoms with van der Waals surface area (Å²) < 4.78 is 5.49. The lowest BCUT2D eigenvalue weighted by molar-refractivity contribution is -0.150. The van der Waals surface area contributed by atoms with Crippen molar-refractivity contribution < 1.29 is 9.53 Å². The third kappa shape index (κ3) is 2.58. The normalized spacial score (nSPS) is 17.6. The van der Waals surface area contributed by atoms with E-state index >= 15 is 0 Å². The summed E-state index contributed by atoms with van der Waals surface area (Å²) in [6.07, 6.45) is 6.13. The highest BCUT2D eigenvalue weighted by atomic mass is 16.5. The first-order valence-corrected chi connectivity index (χ1v) is 7.02. The van der Waals surface area contributed by atoms with E-state index in [9.17, 15) is 4.79 Å². The van der Waals surface area contributed by atoms with E-state index < -0.39 is 0 Å². The SMILES string of the molecule is CCCCOC(=O)C1(c2ccccc2)CCCC1. The van der Waals surface area contributed by atoms with Crippen molar-refractivity contribution in [1.82, 2.24) is 0 Å². The molecule has 1 aliphatic rings. The molecule has 1 aromatic rings. The zero-order valence-corrected chi connectivity index (χ0v) is 11.2. The molecule has 0 saturated heterocycles. The Labute approximate surface area is 109 Å². The van der Waals surface area contributed by atoms with Gasteiger partial charge >= 0.3 is 5.97 Å². The van der Waals surface area contributed by atoms with Crippen LogP contribution in [-0.2, 0) is 14.9 Å². The number of unbranched alkanes of at least 4 members (excludes halogenated alkanes) is 1. The summed E-state index contributed by atoms with van der Waals surface area (Å²) in [6.45, 7) is 2.67. The summed E-state index contributed by atoms with van der Waals surface area (Å²) in [7, 11) is 0. The van der Waals surface area contributed by atoms with Gasteiger partial charge in [0.05, 0.1) is 12.0 Å². The number of hydrogen-bond donors (Lipinski definition) is 0. The van der Waals surface area contributed by atoms with Gasteiger partial charge in [0.15, 0.2) is 0 Å². The molecule has 0 radical (unpaired) electrons. The highest BCUT2D eigenvalue weighted by Gasteiger charge is 2.43. The minimum absolute atomic E-state index is 0.0142. The molecule has 1 aromatic carbocycles. The molecule has 0 bridgehead atoms. The molecule has 0 atom stereocenters. The van der Waals surface area contributed by atoms with Crippen LogP contribution in [0.15, 0.2) is 30.3 Å². The fraction of sp³-hybridized carbons (Fsp3) is 0.562. The van der Waals surface area contributed by atoms with Gasteiger partial charge < -0.3 is 4.74 Å². The molecule has 2 heteroatoms. The predicted molar refractivity (Wildman–Crippen MR) is 72.5 cm³/mol. The quantitative estimate of drug-likeness (QED) is 0.583. The van der Waals surface area contributed by atoms with E-state index in [1.807, 2.05) is 18.2 Å². The Bertz CT molecular complexity index is 377. The molecule has 0 N–H and O–H groups in total. The van der Waals surface area contributed by atoms with Gasteiger partial charge in [-0.05, 0) is 24.8 Å². The van der Waals surface area contributed by atoms with Gasteiger partial charge in [-0.3, -0.25) is 4.79 Å². The number of hydrogen-bond acceptors (Lipinski definition) is 2. The molecule has 0 aliphatic heterocycles. The molecule has 98 valence electrons. The molecule has 0 heterocycles. The number of carbonyl (C=O) groups is 1. The number of rotatable bonds is 5. The summed E-state index contributed by atoms with van der Waals surface area (Å²) in [6, 6.07) is 10.1. The van der Waals surface area contributed by atoms with E-state index in [2.05, 4.69) is 19.1 Å². The first-order valence-electron chi connectivity index (χ1n) is 7.02. The molecule has 0 amide bonds. The molecule has 0 aromatic heterocycles. The standard InChI is InChI=1S/C16H22O2/c1-2-3-13-18-15(17)16(11-7-8-12-16)14-9-5-4-6-10-14/h4-6,9-10H,2-3,7-8,11-13H2,1H3. The van der Waals surface area contributed by atoms with Gasteiger partial charge in [0, 0.05) is 0 Å². The molecular weight excluding hydrogens is 224 g/mol. The maximum atomic E-state index is 12.4. The second-order valence-electron chi connectivity index (χ2n) is 5.14. The van der Waals surface area contributed by atoms with Crippen molar-refractivity contribution in [2.45, 2.75) is 50.9 Å². The fourth-order valence-electron chi connectivity index (χ4n) is 2.79. The number of esters is 1. The van der Waals surface area contributed by atoms with Gasteiger partial charge in [-0.15, -0.1) is 0 Å². The Kier molecular flexibility index (Phi) is 4.40. The van der Waals surface area contributed by atoms with Crippen LogP contribution in [0.4, 0.5) is 0 Å². The van der Waals surface area contributed by atoms with Crippen LogP contribution >= 0.6 is 0 Å². The van der Waals surface area contributed by atoms with E-state index in [0.29, 0.717) is 6.61 Å². The summed E-state index contributed by atoms with van der Waals surface area (Å²) in [5.41, 5.74) is 0.763. The first kappa shape index (κ1) is 13.1. The van der Waals surface area contributed by atoms with Crippen molar-refractivity contribution in [3.63, 3.8) is 0 Å². The average Bonchev–Trinajstić information content (AvgIpc) is 2.90. The lowest BCUT2D eigenvalue weighted by atomic mass is 9.79. The van der Waals surface area contributed by atoms with Gasteiger partial charge in [-0.2, -0.15) is 0 Å². The summed E-state index contributed by atoms with van der Waals surface area (Å²) >= 11 is 0. The second kappa shape index (κ2) is 6.03. The number of benzene rings is 1. The minimum Gasteiger partial charge on any atom is -0.465 e. The molecule has 1 aliphatic carbocycles. The van der Waals surface area contributed by atoms with Crippen molar-refractivity contribution in [1.29, 1.82) is 0 Å². The van der Waals surface area contributed by atoms with Gasteiger partial charge in [-0.25, -0.2) is 0 Å². The van der Waals surface area contributed by atoms with Crippen LogP contribution in [0.5, 0.6) is 0 Å². The van der Waals surface area contributed by atoms with Crippen LogP contribution in [0.25, 0.3) is 0 Å². The van der Waals surface area contributed by atoms with Gasteiger partial charge in [0.25, 0.3) is 0 Å². The lowest BCUT2D eigenvalue weighted by Gasteiger charge is -2.27. The van der Waals surface area contributed by atoms with E-state index in [1.165, 1.54) is 0 Å². The molecule has 1 saturated carbocycles. The largest absolute Gasteiger partial charge is 0.465 e. The Morgan fingerprint density at radius 1 is 1.22 bits per heavy atom. The van der Waals surface area contributed by atoms with Crippen LogP contribution in [0.1, 0.15) is 51.0 Å². The van der Waals surface area contributed by atoms with Crippen molar-refractivity contribution in [3.8, 4) is 0 Å². The molecule has 0 spiro atoms. The zero-order valence-electron chi connectivity index (χ0n) is 11.2. The van der Waals surface area contributed by atoms with Crippen molar-refractivity contribution >= 4 is 5.97 Å². The summed E-state index contributed by atoms with van der Waals surface area (Å²) in [5.74, 6) is -0.0142. The summed E-state index contributed by atoms with van der Waals surface area (Å²) in [4.78, 5) is 12.4. The second-order valence-corrected chi connectivity index (χ2v) is 5.14. The number of ether oxygens (including phenoxy) is 1. The Hall–Kier alpha value is -1.31. The van der Waals surface area contributed by atoms with Gasteiger partial charge in [-0.1, -0.05) is 56.5 Å². The smallest absolute Gasteiger partial charge is 0.316 e. The molecule has 18 heavy (non-hydrogen) atoms. The van der Waals surface area contributed by atoms with Gasteiger partial charge in [0.2, 0.25) is 0 Å². The molecule has 0 unspecified atom stereocenters. The van der Waals surface area contributed by atoms with E-state index in [4.69, 9.17) is 4.74 Å². The fourth-order valence-corrected chi connectivity index (χ4v) is 2.79. The third-order valence-corrected chi connectivity index (χ3v) is 3.91. The maximum Gasteiger partial charge on any atom is 0.316 e. The van der Waals surface area contributed by atoms with E-state index in [-0.39, 0.29) is 11.4 Å². The average molecular weight is 246 g/mol. The van der Waals surface area contributed by atoms with Gasteiger partial charge in [0.1, 0.15) is 0 Å². The highest BCUT2D eigenvalue weighted by molar-refractivity contribution is 5.83. The van der Waals surface area contributed by atoms with E-state index in [1.54, 1.807) is 0 Å². The van der Waals surface area contributed by atoms with Crippen molar-refractivity contribution in [2.75, 3.05) is 6.61 Å². The highest BCUT2D eigenvalue weighted by Crippen LogP contribution is 2.42. The van der Waals surface area contributed by atoms with Crippen LogP contribution in [0.3, 0.4) is 0 Å². The third-order valence-electron chi connectivity index (χ3n) is 3.91. The topological polar surface area (TPSA) is 26.3 Å². The minimum atomic E-state index is -0.366. The summed E-state index contributed by atoms with van der Waals surface area (Å²) in [5, 5.41) is 0. The van der Waals surface area contributed by atoms with Crippen LogP contribution in [0, 0.1) is 0 Å². The predicted octanol–water partition coefficient (Wildman–Crippen LogP) is 3.84. The number of carbonyl (C=O) groups excluding carboxylic acids is 1. The molecule has 2 rings (SSSR count). The first-order chi connectivity index (χ1) is 8.79. The Morgan fingerprint density at radius 3 is 2.50 bits per heavy atom. The Balaban J connectivity index is 2.14. The Morgan fingerprint density at radius 2 is 1.89 bits per heavy atom. The maximum absolute atomic E-state index is 12.4. The van der Waals surface area contributed by atoms with Crippen LogP contribution < -0.4 is 0 Å². The monoisotopic (exact) mass is 246 g/mol. The lowest BCUT2D eigenvalue weighted by Crippen LogP contribution is -2.34. The zero-order chi connectivity index (χ0) is 12.8. The van der Waals surface area contributed by atoms with Crippen molar-refractivity contribution in [3.05, 3.63) is 35.9 Å². The van der Waals surface area contributed by atoms with E-state index in [0.717, 1.165) is 44.1 Å². The van der Waals surface area contributed by atoms with Crippen LogP contribution in [0.2, 0.25) is 0 Å². The molecule has 1 fully saturated rings. The van der Waals surface area contributed by atoms with Crippen LogP contribution in [-0.4, -0.2) is 12.6 Å². The molecular formula is C16H22O2.